The second-order valence-electron chi connectivity index (χ2n) is 7.07. The topological polar surface area (TPSA) is 74.6 Å². The van der Waals surface area contributed by atoms with Crippen molar-refractivity contribution in [3.05, 3.63) is 12.2 Å². The molecule has 1 aliphatic rings. The fourth-order valence-corrected chi connectivity index (χ4v) is 3.50. The van der Waals surface area contributed by atoms with Crippen LogP contribution in [0.3, 0.4) is 0 Å². The molecule has 0 saturated heterocycles. The molecule has 4 heteroatoms. The smallest absolute Gasteiger partial charge is 0.303 e. The third-order valence-electron chi connectivity index (χ3n) is 4.99. The van der Waals surface area contributed by atoms with Crippen molar-refractivity contribution in [1.82, 2.24) is 0 Å². The number of Topliss-reactive ketones (excluding diaryl/α,β-unsaturated/α-hetero) is 1. The van der Waals surface area contributed by atoms with Crippen LogP contribution in [-0.2, 0) is 9.59 Å². The normalized spacial score (nSPS) is 22.3. The molecule has 0 bridgehead atoms. The van der Waals surface area contributed by atoms with Gasteiger partial charge in [0.1, 0.15) is 5.78 Å². The first kappa shape index (κ1) is 20.9. The van der Waals surface area contributed by atoms with Gasteiger partial charge in [-0.3, -0.25) is 9.59 Å². The van der Waals surface area contributed by atoms with Gasteiger partial charge in [0.15, 0.2) is 0 Å². The minimum Gasteiger partial charge on any atom is -0.481 e. The number of aliphatic carboxylic acids is 1. The highest BCUT2D eigenvalue weighted by Crippen LogP contribution is 2.34. The number of carbonyl (C=O) groups excluding carboxylic acids is 1. The van der Waals surface area contributed by atoms with Gasteiger partial charge in [0.05, 0.1) is 6.10 Å². The van der Waals surface area contributed by atoms with E-state index in [9.17, 15) is 14.7 Å². The van der Waals surface area contributed by atoms with E-state index in [-0.39, 0.29) is 24.4 Å². The predicted octanol–water partition coefficient (Wildman–Crippen LogP) is 4.50. The van der Waals surface area contributed by atoms with E-state index >= 15 is 0 Å². The summed E-state index contributed by atoms with van der Waals surface area (Å²) in [5, 5.41) is 18.6. The van der Waals surface area contributed by atoms with Gasteiger partial charge in [-0.2, -0.15) is 0 Å². The van der Waals surface area contributed by atoms with Gasteiger partial charge in [-0.1, -0.05) is 57.6 Å². The molecule has 0 radical (unpaired) electrons. The molecule has 0 aromatic rings. The average Bonchev–Trinajstić information content (AvgIpc) is 2.89. The number of carboxylic acid groups (broad SMARTS) is 1. The first-order chi connectivity index (χ1) is 11.5. The van der Waals surface area contributed by atoms with Crippen molar-refractivity contribution < 1.29 is 19.8 Å². The Hall–Kier alpha value is -1.16. The standard InChI is InChI=1S/C20H34O4/c1-2-3-6-9-17(21)14-12-16-13-15-19(22)18(16)10-7-4-5-8-11-20(23)24/h12,14,16-18,21H,2-11,13,15H2,1H3,(H,23,24)/b14-12-/t16-,17?,18+/m0/s1. The number of hydrogen-bond donors (Lipinski definition) is 2. The summed E-state index contributed by atoms with van der Waals surface area (Å²) in [7, 11) is 0. The Labute approximate surface area is 146 Å². The summed E-state index contributed by atoms with van der Waals surface area (Å²) in [6.45, 7) is 2.15. The lowest BCUT2D eigenvalue weighted by atomic mass is 9.89. The van der Waals surface area contributed by atoms with Crippen molar-refractivity contribution in [2.75, 3.05) is 0 Å². The summed E-state index contributed by atoms with van der Waals surface area (Å²) in [5.41, 5.74) is 0. The van der Waals surface area contributed by atoms with E-state index in [0.717, 1.165) is 64.2 Å². The van der Waals surface area contributed by atoms with Crippen LogP contribution < -0.4 is 0 Å². The van der Waals surface area contributed by atoms with Crippen LogP contribution >= 0.6 is 0 Å². The van der Waals surface area contributed by atoms with Gasteiger partial charge in [-0.05, 0) is 31.6 Å². The molecule has 1 unspecified atom stereocenters. The van der Waals surface area contributed by atoms with Gasteiger partial charge in [-0.15, -0.1) is 0 Å². The molecule has 0 heterocycles. The van der Waals surface area contributed by atoms with Crippen molar-refractivity contribution in [2.45, 2.75) is 90.1 Å². The number of aliphatic hydroxyl groups is 1. The third kappa shape index (κ3) is 8.62. The van der Waals surface area contributed by atoms with Crippen molar-refractivity contribution in [3.63, 3.8) is 0 Å². The lowest BCUT2D eigenvalue weighted by Gasteiger charge is -2.15. The molecule has 1 aliphatic carbocycles. The molecular weight excluding hydrogens is 304 g/mol. The Bertz CT molecular complexity index is 402. The Morgan fingerprint density at radius 3 is 2.67 bits per heavy atom. The molecule has 0 aliphatic heterocycles. The largest absolute Gasteiger partial charge is 0.481 e. The lowest BCUT2D eigenvalue weighted by Crippen LogP contribution is -2.14. The first-order valence-electron chi connectivity index (χ1n) is 9.65. The summed E-state index contributed by atoms with van der Waals surface area (Å²) < 4.78 is 0. The van der Waals surface area contributed by atoms with E-state index < -0.39 is 5.97 Å². The van der Waals surface area contributed by atoms with Crippen LogP contribution in [0.2, 0.25) is 0 Å². The van der Waals surface area contributed by atoms with Crippen LogP contribution in [0.5, 0.6) is 0 Å². The SMILES string of the molecule is CCCCCC(O)/C=C\[C@H]1CCC(=O)[C@@H]1CCCCCCC(=O)O. The highest BCUT2D eigenvalue weighted by molar-refractivity contribution is 5.83. The number of ketones is 1. The van der Waals surface area contributed by atoms with E-state index in [0.29, 0.717) is 12.2 Å². The fourth-order valence-electron chi connectivity index (χ4n) is 3.50. The number of allylic oxidation sites excluding steroid dienone is 1. The molecule has 0 spiro atoms. The van der Waals surface area contributed by atoms with Gasteiger partial charge in [0, 0.05) is 18.8 Å². The first-order valence-corrected chi connectivity index (χ1v) is 9.65. The Balaban J connectivity index is 2.28. The number of carbonyl (C=O) groups is 2. The summed E-state index contributed by atoms with van der Waals surface area (Å²) in [6.07, 6.45) is 14.0. The molecule has 1 saturated carbocycles. The van der Waals surface area contributed by atoms with Crippen LogP contribution in [0.1, 0.15) is 84.0 Å². The van der Waals surface area contributed by atoms with Gasteiger partial charge >= 0.3 is 5.97 Å². The highest BCUT2D eigenvalue weighted by atomic mass is 16.4. The number of unbranched alkanes of at least 4 members (excludes halogenated alkanes) is 5. The second-order valence-corrected chi connectivity index (χ2v) is 7.07. The molecular formula is C20H34O4. The summed E-state index contributed by atoms with van der Waals surface area (Å²) in [4.78, 5) is 22.5. The van der Waals surface area contributed by atoms with Crippen molar-refractivity contribution in [3.8, 4) is 0 Å². The molecule has 0 aromatic carbocycles. The van der Waals surface area contributed by atoms with Gasteiger partial charge in [0.2, 0.25) is 0 Å². The zero-order valence-corrected chi connectivity index (χ0v) is 15.1. The second kappa shape index (κ2) is 12.2. The van der Waals surface area contributed by atoms with Gasteiger partial charge < -0.3 is 10.2 Å². The zero-order valence-electron chi connectivity index (χ0n) is 15.1. The quantitative estimate of drug-likeness (QED) is 0.383. The molecule has 3 atom stereocenters. The monoisotopic (exact) mass is 338 g/mol. The zero-order chi connectivity index (χ0) is 17.8. The summed E-state index contributed by atoms with van der Waals surface area (Å²) in [5.74, 6) is 0.000218. The van der Waals surface area contributed by atoms with E-state index in [1.54, 1.807) is 0 Å². The van der Waals surface area contributed by atoms with Gasteiger partial charge in [0.25, 0.3) is 0 Å². The van der Waals surface area contributed by atoms with E-state index in [2.05, 4.69) is 13.0 Å². The Morgan fingerprint density at radius 2 is 1.96 bits per heavy atom. The minimum atomic E-state index is -0.733. The Kier molecular flexibility index (Phi) is 10.6. The number of carboxylic acids is 1. The average molecular weight is 338 g/mol. The lowest BCUT2D eigenvalue weighted by molar-refractivity contribution is -0.137. The molecule has 4 nitrogen and oxygen atoms in total. The molecule has 1 rings (SSSR count). The van der Waals surface area contributed by atoms with E-state index in [1.165, 1.54) is 0 Å². The third-order valence-corrected chi connectivity index (χ3v) is 4.99. The molecule has 1 fully saturated rings. The number of aliphatic hydroxyl groups excluding tert-OH is 1. The van der Waals surface area contributed by atoms with Gasteiger partial charge in [-0.25, -0.2) is 0 Å². The molecule has 0 aromatic heterocycles. The van der Waals surface area contributed by atoms with Crippen LogP contribution in [0.15, 0.2) is 12.2 Å². The maximum atomic E-state index is 12.1. The number of rotatable bonds is 13. The van der Waals surface area contributed by atoms with Crippen molar-refractivity contribution in [1.29, 1.82) is 0 Å². The van der Waals surface area contributed by atoms with Crippen LogP contribution in [0.4, 0.5) is 0 Å². The fraction of sp³-hybridized carbons (Fsp3) is 0.800. The summed E-state index contributed by atoms with van der Waals surface area (Å²) >= 11 is 0. The molecule has 2 N–H and O–H groups in total. The van der Waals surface area contributed by atoms with Crippen LogP contribution in [0, 0.1) is 11.8 Å². The molecule has 24 heavy (non-hydrogen) atoms. The van der Waals surface area contributed by atoms with Crippen LogP contribution in [-0.4, -0.2) is 28.1 Å². The van der Waals surface area contributed by atoms with E-state index in [1.807, 2.05) is 6.08 Å². The summed E-state index contributed by atoms with van der Waals surface area (Å²) in [6, 6.07) is 0. The predicted molar refractivity (Wildman–Crippen MR) is 95.8 cm³/mol. The number of hydrogen-bond acceptors (Lipinski definition) is 3. The maximum Gasteiger partial charge on any atom is 0.303 e. The molecule has 0 amide bonds. The molecule has 138 valence electrons. The van der Waals surface area contributed by atoms with Crippen molar-refractivity contribution >= 4 is 11.8 Å². The highest BCUT2D eigenvalue weighted by Gasteiger charge is 2.32. The Morgan fingerprint density at radius 1 is 1.21 bits per heavy atom. The minimum absolute atomic E-state index is 0.101. The van der Waals surface area contributed by atoms with E-state index in [4.69, 9.17) is 5.11 Å². The van der Waals surface area contributed by atoms with Crippen molar-refractivity contribution in [2.24, 2.45) is 11.8 Å². The van der Waals surface area contributed by atoms with Crippen LogP contribution in [0.25, 0.3) is 0 Å². The maximum absolute atomic E-state index is 12.1.